The highest BCUT2D eigenvalue weighted by molar-refractivity contribution is 5.25. The summed E-state index contributed by atoms with van der Waals surface area (Å²) in [4.78, 5) is 0. The Hall–Kier alpha value is -1.11. The molecule has 106 valence electrons. The molecule has 0 spiro atoms. The lowest BCUT2D eigenvalue weighted by atomic mass is 9.84. The maximum Gasteiger partial charge on any atom is 0.194 e. The van der Waals surface area contributed by atoms with Crippen LogP contribution in [0.3, 0.4) is 0 Å². The van der Waals surface area contributed by atoms with E-state index in [4.69, 9.17) is 9.47 Å². The molecular formula is C13H15F3O3. The summed E-state index contributed by atoms with van der Waals surface area (Å²) in [7, 11) is 1.40. The topological polar surface area (TPSA) is 38.7 Å². The Balaban J connectivity index is 2.37. The maximum atomic E-state index is 13.7. The predicted octanol–water partition coefficient (Wildman–Crippen LogP) is 2.33. The van der Waals surface area contributed by atoms with E-state index in [0.717, 1.165) is 12.1 Å². The van der Waals surface area contributed by atoms with Crippen molar-refractivity contribution in [1.82, 2.24) is 0 Å². The Labute approximate surface area is 108 Å². The molecule has 1 aliphatic rings. The van der Waals surface area contributed by atoms with E-state index < -0.39 is 29.2 Å². The molecule has 1 heterocycles. The van der Waals surface area contributed by atoms with Gasteiger partial charge in [-0.3, -0.25) is 0 Å². The standard InChI is InChI=1S/C13H15F3O3/c1-18-13(4-6-19-7-5-13)12(17)8-2-3-9(14)11(16)10(8)15/h2-3,12,17H,4-7H2,1H3. The summed E-state index contributed by atoms with van der Waals surface area (Å²) in [5, 5.41) is 10.3. The van der Waals surface area contributed by atoms with Gasteiger partial charge in [-0.25, -0.2) is 13.2 Å². The van der Waals surface area contributed by atoms with Crippen LogP contribution in [0.15, 0.2) is 12.1 Å². The Morgan fingerprint density at radius 2 is 1.84 bits per heavy atom. The number of methoxy groups -OCH3 is 1. The molecule has 2 rings (SSSR count). The van der Waals surface area contributed by atoms with E-state index in [1.54, 1.807) is 0 Å². The molecule has 1 unspecified atom stereocenters. The molecule has 1 fully saturated rings. The summed E-state index contributed by atoms with van der Waals surface area (Å²) in [6, 6.07) is 1.83. The van der Waals surface area contributed by atoms with E-state index in [1.165, 1.54) is 7.11 Å². The summed E-state index contributed by atoms with van der Waals surface area (Å²) in [6.45, 7) is 0.715. The van der Waals surface area contributed by atoms with E-state index in [-0.39, 0.29) is 5.56 Å². The molecular weight excluding hydrogens is 261 g/mol. The normalized spacial score (nSPS) is 20.3. The summed E-state index contributed by atoms with van der Waals surface area (Å²) in [6.07, 6.45) is -0.678. The van der Waals surface area contributed by atoms with Crippen molar-refractivity contribution in [3.8, 4) is 0 Å². The average Bonchev–Trinajstić information content (AvgIpc) is 2.45. The van der Waals surface area contributed by atoms with Gasteiger partial charge in [0.25, 0.3) is 0 Å². The number of halogens is 3. The minimum absolute atomic E-state index is 0.303. The van der Waals surface area contributed by atoms with Crippen molar-refractivity contribution >= 4 is 0 Å². The average molecular weight is 276 g/mol. The van der Waals surface area contributed by atoms with Crippen LogP contribution in [0, 0.1) is 17.5 Å². The van der Waals surface area contributed by atoms with Gasteiger partial charge in [-0.15, -0.1) is 0 Å². The number of rotatable bonds is 3. The molecule has 1 aromatic rings. The molecule has 6 heteroatoms. The predicted molar refractivity (Wildman–Crippen MR) is 61.1 cm³/mol. The zero-order valence-corrected chi connectivity index (χ0v) is 10.5. The third kappa shape index (κ3) is 2.48. The number of hydrogen-bond donors (Lipinski definition) is 1. The van der Waals surface area contributed by atoms with Crippen molar-refractivity contribution < 1.29 is 27.8 Å². The van der Waals surface area contributed by atoms with Gasteiger partial charge in [0, 0.05) is 38.7 Å². The van der Waals surface area contributed by atoms with Crippen LogP contribution in [0.5, 0.6) is 0 Å². The Morgan fingerprint density at radius 3 is 2.42 bits per heavy atom. The lowest BCUT2D eigenvalue weighted by Crippen LogP contribution is -2.44. The summed E-state index contributed by atoms with van der Waals surface area (Å²) < 4.78 is 50.3. The second kappa shape index (κ2) is 5.48. The lowest BCUT2D eigenvalue weighted by Gasteiger charge is -2.39. The second-order valence-corrected chi connectivity index (χ2v) is 4.55. The maximum absolute atomic E-state index is 13.7. The van der Waals surface area contributed by atoms with Crippen molar-refractivity contribution in [2.24, 2.45) is 0 Å². The number of benzene rings is 1. The lowest BCUT2D eigenvalue weighted by molar-refractivity contribution is -0.155. The Kier molecular flexibility index (Phi) is 4.13. The van der Waals surface area contributed by atoms with E-state index in [2.05, 4.69) is 0 Å². The van der Waals surface area contributed by atoms with E-state index in [1.807, 2.05) is 0 Å². The molecule has 1 atom stereocenters. The van der Waals surface area contributed by atoms with Crippen LogP contribution < -0.4 is 0 Å². The van der Waals surface area contributed by atoms with Crippen LogP contribution in [0.2, 0.25) is 0 Å². The Morgan fingerprint density at radius 1 is 1.21 bits per heavy atom. The van der Waals surface area contributed by atoms with Crippen LogP contribution in [-0.4, -0.2) is 31.0 Å². The van der Waals surface area contributed by atoms with Crippen LogP contribution in [0.1, 0.15) is 24.5 Å². The molecule has 0 amide bonds. The highest BCUT2D eigenvalue weighted by Crippen LogP contribution is 2.38. The van der Waals surface area contributed by atoms with Crippen LogP contribution in [0.4, 0.5) is 13.2 Å². The fourth-order valence-corrected chi connectivity index (χ4v) is 2.34. The van der Waals surface area contributed by atoms with Gasteiger partial charge in [-0.05, 0) is 6.07 Å². The number of ether oxygens (including phenoxy) is 2. The van der Waals surface area contributed by atoms with Crippen LogP contribution in [-0.2, 0) is 9.47 Å². The smallest absolute Gasteiger partial charge is 0.194 e. The third-order valence-corrected chi connectivity index (χ3v) is 3.60. The molecule has 0 aromatic heterocycles. The number of aliphatic hydroxyl groups excluding tert-OH is 1. The summed E-state index contributed by atoms with van der Waals surface area (Å²) in [5.74, 6) is -4.25. The third-order valence-electron chi connectivity index (χ3n) is 3.60. The molecule has 0 bridgehead atoms. The zero-order valence-electron chi connectivity index (χ0n) is 10.5. The molecule has 0 aliphatic carbocycles. The fourth-order valence-electron chi connectivity index (χ4n) is 2.34. The van der Waals surface area contributed by atoms with E-state index in [0.29, 0.717) is 26.1 Å². The fraction of sp³-hybridized carbons (Fsp3) is 0.538. The first-order valence-electron chi connectivity index (χ1n) is 5.96. The van der Waals surface area contributed by atoms with E-state index >= 15 is 0 Å². The molecule has 1 aromatic carbocycles. The quantitative estimate of drug-likeness (QED) is 0.861. The largest absolute Gasteiger partial charge is 0.385 e. The van der Waals surface area contributed by atoms with Gasteiger partial charge < -0.3 is 14.6 Å². The van der Waals surface area contributed by atoms with Gasteiger partial charge in [0.05, 0.1) is 0 Å². The van der Waals surface area contributed by atoms with Crippen molar-refractivity contribution in [3.63, 3.8) is 0 Å². The van der Waals surface area contributed by atoms with Crippen molar-refractivity contribution in [2.75, 3.05) is 20.3 Å². The Bertz CT molecular complexity index is 459. The second-order valence-electron chi connectivity index (χ2n) is 4.55. The van der Waals surface area contributed by atoms with Gasteiger partial charge >= 0.3 is 0 Å². The van der Waals surface area contributed by atoms with Gasteiger partial charge in [-0.1, -0.05) is 6.07 Å². The SMILES string of the molecule is COC1(C(O)c2ccc(F)c(F)c2F)CCOCC1. The highest BCUT2D eigenvalue weighted by Gasteiger charge is 2.42. The van der Waals surface area contributed by atoms with Crippen molar-refractivity contribution in [1.29, 1.82) is 0 Å². The monoisotopic (exact) mass is 276 g/mol. The molecule has 1 saturated heterocycles. The first-order chi connectivity index (χ1) is 9.02. The molecule has 3 nitrogen and oxygen atoms in total. The van der Waals surface area contributed by atoms with Crippen molar-refractivity contribution in [3.05, 3.63) is 35.1 Å². The van der Waals surface area contributed by atoms with E-state index in [9.17, 15) is 18.3 Å². The van der Waals surface area contributed by atoms with Crippen molar-refractivity contribution in [2.45, 2.75) is 24.5 Å². The first-order valence-corrected chi connectivity index (χ1v) is 5.96. The molecule has 0 saturated carbocycles. The first kappa shape index (κ1) is 14.3. The zero-order chi connectivity index (χ0) is 14.0. The highest BCUT2D eigenvalue weighted by atomic mass is 19.2. The number of hydrogen-bond acceptors (Lipinski definition) is 3. The number of aliphatic hydroxyl groups is 1. The molecule has 19 heavy (non-hydrogen) atoms. The minimum atomic E-state index is -1.59. The van der Waals surface area contributed by atoms with Gasteiger partial charge in [-0.2, -0.15) is 0 Å². The van der Waals surface area contributed by atoms with Gasteiger partial charge in [0.15, 0.2) is 17.5 Å². The summed E-state index contributed by atoms with van der Waals surface area (Å²) in [5.41, 5.74) is -1.34. The molecule has 1 aliphatic heterocycles. The van der Waals surface area contributed by atoms with Gasteiger partial charge in [0.1, 0.15) is 11.7 Å². The minimum Gasteiger partial charge on any atom is -0.385 e. The molecule has 0 radical (unpaired) electrons. The van der Waals surface area contributed by atoms with Crippen LogP contribution in [0.25, 0.3) is 0 Å². The van der Waals surface area contributed by atoms with Crippen LogP contribution >= 0.6 is 0 Å². The molecule has 1 N–H and O–H groups in total. The van der Waals surface area contributed by atoms with Gasteiger partial charge in [0.2, 0.25) is 0 Å². The summed E-state index contributed by atoms with van der Waals surface area (Å²) >= 11 is 0.